The fraction of sp³-hybridized carbons (Fsp3) is 0.522. The Hall–Kier alpha value is -2.83. The number of carbonyl (C=O) groups excluding carboxylic acids is 2. The molecule has 5 heterocycles. The Labute approximate surface area is 176 Å². The van der Waals surface area contributed by atoms with Crippen LogP contribution in [0.4, 0.5) is 5.82 Å². The Kier molecular flexibility index (Phi) is 4.97. The molecule has 0 aromatic carbocycles. The molecule has 3 aliphatic heterocycles. The number of rotatable bonds is 4. The standard InChI is InChI=1S/C23H28N4O3/c1-15-5-7-19(30-15)11-25-23(29)17-6-8-21(24-10-17)26-12-16-9-18(14-26)20-3-2-4-22(28)27(20)13-16/h5-8,10,16,18,20H,2-4,9,11-14H2,1H3,(H,25,29)/t16?,18?,20-/m1/s1. The van der Waals surface area contributed by atoms with Crippen molar-refractivity contribution in [2.75, 3.05) is 24.5 Å². The number of hydrogen-bond donors (Lipinski definition) is 1. The van der Waals surface area contributed by atoms with Gasteiger partial charge in [-0.25, -0.2) is 4.98 Å². The highest BCUT2D eigenvalue weighted by atomic mass is 16.3. The first-order valence-electron chi connectivity index (χ1n) is 10.9. The molecule has 2 amide bonds. The van der Waals surface area contributed by atoms with Gasteiger partial charge in [-0.3, -0.25) is 9.59 Å². The Morgan fingerprint density at radius 3 is 2.90 bits per heavy atom. The van der Waals surface area contributed by atoms with Crippen molar-refractivity contribution in [1.82, 2.24) is 15.2 Å². The van der Waals surface area contributed by atoms with E-state index in [0.717, 1.165) is 49.8 Å². The topological polar surface area (TPSA) is 78.7 Å². The highest BCUT2D eigenvalue weighted by Gasteiger charge is 2.44. The van der Waals surface area contributed by atoms with Crippen LogP contribution in [0.5, 0.6) is 0 Å². The molecule has 3 atom stereocenters. The molecule has 0 saturated carbocycles. The van der Waals surface area contributed by atoms with Gasteiger partial charge in [0.25, 0.3) is 5.91 Å². The minimum Gasteiger partial charge on any atom is -0.465 e. The Morgan fingerprint density at radius 2 is 2.13 bits per heavy atom. The van der Waals surface area contributed by atoms with Crippen LogP contribution in [0.2, 0.25) is 0 Å². The predicted octanol–water partition coefficient (Wildman–Crippen LogP) is 2.75. The number of carbonyl (C=O) groups is 2. The predicted molar refractivity (Wildman–Crippen MR) is 112 cm³/mol. The Balaban J connectivity index is 1.22. The molecule has 3 aliphatic rings. The fourth-order valence-electron chi connectivity index (χ4n) is 5.35. The van der Waals surface area contributed by atoms with Crippen LogP contribution in [0, 0.1) is 18.8 Å². The van der Waals surface area contributed by atoms with E-state index in [9.17, 15) is 9.59 Å². The van der Waals surface area contributed by atoms with E-state index in [-0.39, 0.29) is 5.91 Å². The molecule has 0 radical (unpaired) electrons. The van der Waals surface area contributed by atoms with Crippen molar-refractivity contribution >= 4 is 17.6 Å². The zero-order valence-electron chi connectivity index (χ0n) is 17.3. The van der Waals surface area contributed by atoms with Gasteiger partial charge in [0.1, 0.15) is 17.3 Å². The van der Waals surface area contributed by atoms with E-state index in [4.69, 9.17) is 4.42 Å². The zero-order chi connectivity index (χ0) is 20.7. The van der Waals surface area contributed by atoms with Gasteiger partial charge in [0, 0.05) is 38.3 Å². The summed E-state index contributed by atoms with van der Waals surface area (Å²) in [6.07, 6.45) is 5.71. The minimum atomic E-state index is -0.157. The second kappa shape index (κ2) is 7.78. The number of nitrogens with zero attached hydrogens (tertiary/aromatic N) is 3. The van der Waals surface area contributed by atoms with Gasteiger partial charge in [0.2, 0.25) is 5.91 Å². The van der Waals surface area contributed by atoms with E-state index < -0.39 is 0 Å². The molecule has 3 fully saturated rings. The van der Waals surface area contributed by atoms with Crippen LogP contribution in [0.25, 0.3) is 0 Å². The van der Waals surface area contributed by atoms with Gasteiger partial charge >= 0.3 is 0 Å². The average Bonchev–Trinajstić information content (AvgIpc) is 3.18. The van der Waals surface area contributed by atoms with Crippen molar-refractivity contribution in [2.45, 2.75) is 45.2 Å². The second-order valence-corrected chi connectivity index (χ2v) is 8.87. The first-order valence-corrected chi connectivity index (χ1v) is 10.9. The summed E-state index contributed by atoms with van der Waals surface area (Å²) in [5.41, 5.74) is 0.545. The van der Waals surface area contributed by atoms with Crippen molar-refractivity contribution < 1.29 is 14.0 Å². The van der Waals surface area contributed by atoms with Gasteiger partial charge < -0.3 is 19.5 Å². The molecule has 158 valence electrons. The second-order valence-electron chi connectivity index (χ2n) is 8.87. The summed E-state index contributed by atoms with van der Waals surface area (Å²) < 4.78 is 5.49. The van der Waals surface area contributed by atoms with Crippen molar-refractivity contribution in [2.24, 2.45) is 11.8 Å². The molecule has 0 aliphatic carbocycles. The highest BCUT2D eigenvalue weighted by Crippen LogP contribution is 2.38. The number of aromatic nitrogens is 1. The lowest BCUT2D eigenvalue weighted by Gasteiger charge is -2.52. The molecule has 7 heteroatoms. The third-order valence-electron chi connectivity index (χ3n) is 6.73. The van der Waals surface area contributed by atoms with Crippen LogP contribution >= 0.6 is 0 Å². The third-order valence-corrected chi connectivity index (χ3v) is 6.73. The highest BCUT2D eigenvalue weighted by molar-refractivity contribution is 5.94. The monoisotopic (exact) mass is 408 g/mol. The molecule has 2 aromatic heterocycles. The molecular formula is C23H28N4O3. The summed E-state index contributed by atoms with van der Waals surface area (Å²) in [5, 5.41) is 2.87. The van der Waals surface area contributed by atoms with Crippen LogP contribution in [0.3, 0.4) is 0 Å². The number of pyridine rings is 1. The van der Waals surface area contributed by atoms with Crippen LogP contribution in [-0.4, -0.2) is 47.4 Å². The van der Waals surface area contributed by atoms with Crippen LogP contribution in [0.15, 0.2) is 34.9 Å². The molecule has 30 heavy (non-hydrogen) atoms. The van der Waals surface area contributed by atoms with Gasteiger partial charge in [-0.1, -0.05) is 0 Å². The summed E-state index contributed by atoms with van der Waals surface area (Å²) in [4.78, 5) is 33.8. The summed E-state index contributed by atoms with van der Waals surface area (Å²) >= 11 is 0. The first kappa shape index (κ1) is 19.2. The smallest absolute Gasteiger partial charge is 0.253 e. The van der Waals surface area contributed by atoms with Crippen LogP contribution in [-0.2, 0) is 11.3 Å². The number of piperidine rings is 3. The molecule has 1 N–H and O–H groups in total. The molecule has 2 unspecified atom stereocenters. The SMILES string of the molecule is Cc1ccc(CNC(=O)c2ccc(N3CC4CC(C3)[C@H]3CCCC(=O)N3C4)nc2)o1. The number of hydrogen-bond acceptors (Lipinski definition) is 5. The number of nitrogens with one attached hydrogen (secondary N) is 1. The minimum absolute atomic E-state index is 0.157. The Morgan fingerprint density at radius 1 is 1.23 bits per heavy atom. The molecule has 0 spiro atoms. The fourth-order valence-corrected chi connectivity index (χ4v) is 5.35. The number of aryl methyl sites for hydroxylation is 1. The van der Waals surface area contributed by atoms with Gasteiger partial charge in [-0.2, -0.15) is 0 Å². The maximum absolute atomic E-state index is 12.4. The normalized spacial score (nSPS) is 25.8. The first-order chi connectivity index (χ1) is 14.6. The number of anilines is 1. The van der Waals surface area contributed by atoms with E-state index in [1.165, 1.54) is 6.42 Å². The van der Waals surface area contributed by atoms with E-state index in [2.05, 4.69) is 20.1 Å². The number of amides is 2. The quantitative estimate of drug-likeness (QED) is 0.842. The molecular weight excluding hydrogens is 380 g/mol. The van der Waals surface area contributed by atoms with E-state index in [0.29, 0.717) is 42.3 Å². The largest absolute Gasteiger partial charge is 0.465 e. The Bertz CT molecular complexity index is 938. The molecule has 3 saturated heterocycles. The van der Waals surface area contributed by atoms with Crippen molar-refractivity contribution in [3.63, 3.8) is 0 Å². The lowest BCUT2D eigenvalue weighted by atomic mass is 9.76. The number of fused-ring (bicyclic) bond motifs is 4. The van der Waals surface area contributed by atoms with Crippen molar-refractivity contribution in [3.05, 3.63) is 47.5 Å². The zero-order valence-corrected chi connectivity index (χ0v) is 17.3. The van der Waals surface area contributed by atoms with Gasteiger partial charge in [-0.15, -0.1) is 0 Å². The summed E-state index contributed by atoms with van der Waals surface area (Å²) in [7, 11) is 0. The lowest BCUT2D eigenvalue weighted by molar-refractivity contribution is -0.142. The average molecular weight is 409 g/mol. The lowest BCUT2D eigenvalue weighted by Crippen LogP contribution is -2.60. The van der Waals surface area contributed by atoms with Crippen LogP contribution < -0.4 is 10.2 Å². The number of furan rings is 1. The summed E-state index contributed by atoms with van der Waals surface area (Å²) in [6, 6.07) is 7.92. The van der Waals surface area contributed by atoms with Gasteiger partial charge in [0.05, 0.1) is 12.1 Å². The van der Waals surface area contributed by atoms with E-state index >= 15 is 0 Å². The molecule has 2 aromatic rings. The molecule has 5 rings (SSSR count). The maximum atomic E-state index is 12.4. The van der Waals surface area contributed by atoms with Crippen LogP contribution in [0.1, 0.15) is 47.6 Å². The third kappa shape index (κ3) is 3.68. The van der Waals surface area contributed by atoms with Gasteiger partial charge in [-0.05, 0) is 62.3 Å². The maximum Gasteiger partial charge on any atom is 0.253 e. The summed E-state index contributed by atoms with van der Waals surface area (Å²) in [5.74, 6) is 3.69. The van der Waals surface area contributed by atoms with Gasteiger partial charge in [0.15, 0.2) is 0 Å². The van der Waals surface area contributed by atoms with Crippen molar-refractivity contribution in [1.29, 1.82) is 0 Å². The summed E-state index contributed by atoms with van der Waals surface area (Å²) in [6.45, 7) is 4.97. The van der Waals surface area contributed by atoms with Crippen molar-refractivity contribution in [3.8, 4) is 0 Å². The van der Waals surface area contributed by atoms with E-state index in [1.807, 2.05) is 31.2 Å². The van der Waals surface area contributed by atoms with E-state index in [1.54, 1.807) is 6.20 Å². The molecule has 7 nitrogen and oxygen atoms in total. The molecule has 2 bridgehead atoms.